The lowest BCUT2D eigenvalue weighted by Gasteiger charge is -2.14. The van der Waals surface area contributed by atoms with Crippen LogP contribution in [0.15, 0.2) is 30.3 Å². The number of carbonyl (C=O) groups is 2. The largest absolute Gasteiger partial charge is 0.378 e. The average Bonchev–Trinajstić information content (AvgIpc) is 3.05. The molecule has 1 aromatic heterocycles. The van der Waals surface area contributed by atoms with Crippen LogP contribution in [0.1, 0.15) is 50.4 Å². The van der Waals surface area contributed by atoms with Crippen LogP contribution in [0.5, 0.6) is 0 Å². The second-order valence-electron chi connectivity index (χ2n) is 5.07. The second kappa shape index (κ2) is 5.33. The van der Waals surface area contributed by atoms with Crippen molar-refractivity contribution in [2.24, 2.45) is 0 Å². The highest BCUT2D eigenvalue weighted by Gasteiger charge is 2.26. The molecule has 0 saturated carbocycles. The van der Waals surface area contributed by atoms with Gasteiger partial charge in [0.1, 0.15) is 0 Å². The van der Waals surface area contributed by atoms with Gasteiger partial charge in [-0.3, -0.25) is 14.9 Å². The van der Waals surface area contributed by atoms with Crippen LogP contribution < -0.4 is 10.6 Å². The standard InChI is InChI=1S/C16H16N2O2S/c1-3-11-5-7-14(21-11)9(2)17-10-4-6-12-13(8-10)16(20)18-15(12)19/h4-9,17H,3H2,1-2H3,(H,18,19,20). The van der Waals surface area contributed by atoms with Crippen LogP contribution in [0.25, 0.3) is 0 Å². The predicted octanol–water partition coefficient (Wildman–Crippen LogP) is 3.37. The molecule has 0 aliphatic carbocycles. The van der Waals surface area contributed by atoms with Gasteiger partial charge >= 0.3 is 0 Å². The molecule has 1 aliphatic heterocycles. The topological polar surface area (TPSA) is 58.2 Å². The van der Waals surface area contributed by atoms with Crippen molar-refractivity contribution < 1.29 is 9.59 Å². The number of amides is 2. The monoisotopic (exact) mass is 300 g/mol. The fraction of sp³-hybridized carbons (Fsp3) is 0.250. The van der Waals surface area contributed by atoms with E-state index in [1.807, 2.05) is 6.07 Å². The van der Waals surface area contributed by atoms with Crippen molar-refractivity contribution in [2.75, 3.05) is 5.32 Å². The first-order chi connectivity index (χ1) is 10.1. The summed E-state index contributed by atoms with van der Waals surface area (Å²) in [6, 6.07) is 9.70. The number of thiophene rings is 1. The van der Waals surface area contributed by atoms with Gasteiger partial charge in [0.2, 0.25) is 0 Å². The maximum atomic E-state index is 11.7. The third kappa shape index (κ3) is 2.56. The van der Waals surface area contributed by atoms with E-state index in [4.69, 9.17) is 0 Å². The van der Waals surface area contributed by atoms with Gasteiger partial charge in [-0.25, -0.2) is 0 Å². The minimum atomic E-state index is -0.323. The number of anilines is 1. The van der Waals surface area contributed by atoms with Gasteiger partial charge in [-0.15, -0.1) is 11.3 Å². The molecule has 0 fully saturated rings. The zero-order valence-electron chi connectivity index (χ0n) is 11.9. The van der Waals surface area contributed by atoms with Crippen molar-refractivity contribution >= 4 is 28.8 Å². The first-order valence-corrected chi connectivity index (χ1v) is 7.75. The number of hydrogen-bond donors (Lipinski definition) is 2. The molecule has 2 amide bonds. The Bertz CT molecular complexity index is 721. The molecule has 0 saturated heterocycles. The number of nitrogens with one attached hydrogen (secondary N) is 2. The summed E-state index contributed by atoms with van der Waals surface area (Å²) in [7, 11) is 0. The van der Waals surface area contributed by atoms with Gasteiger partial charge < -0.3 is 5.32 Å². The van der Waals surface area contributed by atoms with Gasteiger partial charge in [-0.1, -0.05) is 6.92 Å². The van der Waals surface area contributed by atoms with E-state index in [1.54, 1.807) is 23.5 Å². The van der Waals surface area contributed by atoms with Gasteiger partial charge in [-0.2, -0.15) is 0 Å². The summed E-state index contributed by atoms with van der Waals surface area (Å²) in [6.07, 6.45) is 1.04. The molecular weight excluding hydrogens is 284 g/mol. The SMILES string of the molecule is CCc1ccc(C(C)Nc2ccc3c(c2)C(=O)NC3=O)s1. The highest BCUT2D eigenvalue weighted by atomic mass is 32.1. The second-order valence-corrected chi connectivity index (χ2v) is 6.27. The summed E-state index contributed by atoms with van der Waals surface area (Å²) >= 11 is 1.79. The predicted molar refractivity (Wildman–Crippen MR) is 84.0 cm³/mol. The highest BCUT2D eigenvalue weighted by molar-refractivity contribution is 7.12. The number of carbonyl (C=O) groups excluding carboxylic acids is 2. The summed E-state index contributed by atoms with van der Waals surface area (Å²) < 4.78 is 0. The molecule has 1 aromatic carbocycles. The Kier molecular flexibility index (Phi) is 3.51. The molecule has 21 heavy (non-hydrogen) atoms. The summed E-state index contributed by atoms with van der Waals surface area (Å²) in [5, 5.41) is 5.68. The summed E-state index contributed by atoms with van der Waals surface area (Å²) in [5.74, 6) is -0.642. The molecule has 2 N–H and O–H groups in total. The molecule has 0 radical (unpaired) electrons. The minimum Gasteiger partial charge on any atom is -0.378 e. The molecule has 108 valence electrons. The molecule has 2 heterocycles. The molecule has 3 rings (SSSR count). The van der Waals surface area contributed by atoms with E-state index in [0.29, 0.717) is 11.1 Å². The zero-order chi connectivity index (χ0) is 15.0. The van der Waals surface area contributed by atoms with Crippen molar-refractivity contribution in [2.45, 2.75) is 26.3 Å². The number of imide groups is 1. The van der Waals surface area contributed by atoms with E-state index in [9.17, 15) is 9.59 Å². The van der Waals surface area contributed by atoms with Crippen LogP contribution in [0.4, 0.5) is 5.69 Å². The highest BCUT2D eigenvalue weighted by Crippen LogP contribution is 2.28. The third-order valence-electron chi connectivity index (χ3n) is 3.58. The van der Waals surface area contributed by atoms with E-state index in [1.165, 1.54) is 9.75 Å². The van der Waals surface area contributed by atoms with Crippen LogP contribution in [-0.2, 0) is 6.42 Å². The lowest BCUT2D eigenvalue weighted by molar-refractivity contribution is 0.0879. The Morgan fingerprint density at radius 3 is 2.62 bits per heavy atom. The number of fused-ring (bicyclic) bond motifs is 1. The van der Waals surface area contributed by atoms with Crippen LogP contribution in [0.3, 0.4) is 0 Å². The molecular formula is C16H16N2O2S. The van der Waals surface area contributed by atoms with E-state index in [0.717, 1.165) is 12.1 Å². The first kappa shape index (κ1) is 13.8. The summed E-state index contributed by atoms with van der Waals surface area (Å²) in [6.45, 7) is 4.23. The molecule has 5 heteroatoms. The van der Waals surface area contributed by atoms with E-state index >= 15 is 0 Å². The zero-order valence-corrected chi connectivity index (χ0v) is 12.7. The van der Waals surface area contributed by atoms with Crippen LogP contribution >= 0.6 is 11.3 Å². The lowest BCUT2D eigenvalue weighted by atomic mass is 10.1. The molecule has 1 atom stereocenters. The smallest absolute Gasteiger partial charge is 0.259 e. The van der Waals surface area contributed by atoms with E-state index < -0.39 is 0 Å². The summed E-state index contributed by atoms with van der Waals surface area (Å²) in [5.41, 5.74) is 1.73. The average molecular weight is 300 g/mol. The van der Waals surface area contributed by atoms with Crippen molar-refractivity contribution in [1.29, 1.82) is 0 Å². The molecule has 2 aromatic rings. The van der Waals surface area contributed by atoms with Gasteiger partial charge in [0.05, 0.1) is 17.2 Å². The number of hydrogen-bond acceptors (Lipinski definition) is 4. The lowest BCUT2D eigenvalue weighted by Crippen LogP contribution is -2.19. The number of rotatable bonds is 4. The van der Waals surface area contributed by atoms with Crippen LogP contribution in [0, 0.1) is 0 Å². The van der Waals surface area contributed by atoms with Gasteiger partial charge in [0.25, 0.3) is 11.8 Å². The maximum absolute atomic E-state index is 11.7. The van der Waals surface area contributed by atoms with Crippen LogP contribution in [0.2, 0.25) is 0 Å². The molecule has 0 bridgehead atoms. The Hall–Kier alpha value is -2.14. The first-order valence-electron chi connectivity index (χ1n) is 6.93. The Morgan fingerprint density at radius 2 is 1.90 bits per heavy atom. The van der Waals surface area contributed by atoms with Gasteiger partial charge in [0, 0.05) is 15.4 Å². The molecule has 4 nitrogen and oxygen atoms in total. The van der Waals surface area contributed by atoms with Gasteiger partial charge in [0.15, 0.2) is 0 Å². The maximum Gasteiger partial charge on any atom is 0.259 e. The van der Waals surface area contributed by atoms with Crippen LogP contribution in [-0.4, -0.2) is 11.8 Å². The normalized spacial score (nSPS) is 14.8. The Balaban J connectivity index is 1.81. The fourth-order valence-electron chi connectivity index (χ4n) is 2.40. The van der Waals surface area contributed by atoms with Crippen molar-refractivity contribution in [3.63, 3.8) is 0 Å². The van der Waals surface area contributed by atoms with Crippen molar-refractivity contribution in [3.8, 4) is 0 Å². The number of aryl methyl sites for hydroxylation is 1. The minimum absolute atomic E-state index is 0.161. The Labute approximate surface area is 127 Å². The fourth-order valence-corrected chi connectivity index (χ4v) is 3.35. The third-order valence-corrected chi connectivity index (χ3v) is 4.99. The number of benzene rings is 1. The quantitative estimate of drug-likeness (QED) is 0.851. The van der Waals surface area contributed by atoms with E-state index in [-0.39, 0.29) is 17.9 Å². The summed E-state index contributed by atoms with van der Waals surface area (Å²) in [4.78, 5) is 25.8. The molecule has 1 aliphatic rings. The van der Waals surface area contributed by atoms with Gasteiger partial charge in [-0.05, 0) is 43.7 Å². The van der Waals surface area contributed by atoms with Crippen molar-refractivity contribution in [3.05, 3.63) is 51.2 Å². The molecule has 1 unspecified atom stereocenters. The molecule has 0 spiro atoms. The Morgan fingerprint density at radius 1 is 1.14 bits per heavy atom. The van der Waals surface area contributed by atoms with E-state index in [2.05, 4.69) is 36.6 Å². The van der Waals surface area contributed by atoms with Crippen molar-refractivity contribution in [1.82, 2.24) is 5.32 Å².